The minimum atomic E-state index is -0.897. The number of hydrogen-bond acceptors (Lipinski definition) is 2. The van der Waals surface area contributed by atoms with Gasteiger partial charge in [-0.1, -0.05) is 110 Å². The number of aromatic nitrogens is 2. The topological polar surface area (TPSA) is 66.0 Å². The number of carboxylic acids is 1. The van der Waals surface area contributed by atoms with Crippen molar-refractivity contribution in [3.05, 3.63) is 29.6 Å². The van der Waals surface area contributed by atoms with Crippen LogP contribution in [0.2, 0.25) is 0 Å². The van der Waals surface area contributed by atoms with Crippen molar-refractivity contribution in [3.8, 4) is 0 Å². The summed E-state index contributed by atoms with van der Waals surface area (Å²) in [5, 5.41) is 9.08. The number of rotatable bonds is 19. The monoisotopic (exact) mass is 464 g/mol. The highest BCUT2D eigenvalue weighted by molar-refractivity contribution is 5.92. The second kappa shape index (κ2) is 17.9. The number of unbranched alkanes of at least 4 members (excludes halogenated alkanes) is 16. The van der Waals surface area contributed by atoms with Crippen molar-refractivity contribution >= 4 is 29.4 Å². The number of carbonyl (C=O) groups is 1. The SMILES string of the molecule is CCCCCCCCCCCCCCCCCCCc1nc2ccc(C(=O)O)cc2[nH]1.Cl. The van der Waals surface area contributed by atoms with E-state index in [1.165, 1.54) is 103 Å². The Hall–Kier alpha value is -1.55. The van der Waals surface area contributed by atoms with E-state index >= 15 is 0 Å². The van der Waals surface area contributed by atoms with Gasteiger partial charge in [-0.2, -0.15) is 0 Å². The first-order chi connectivity index (χ1) is 15.2. The third-order valence-corrected chi connectivity index (χ3v) is 6.30. The number of aryl methyl sites for hydroxylation is 1. The average Bonchev–Trinajstić information content (AvgIpc) is 3.18. The third-order valence-electron chi connectivity index (χ3n) is 6.30. The van der Waals surface area contributed by atoms with Crippen molar-refractivity contribution < 1.29 is 9.90 Å². The highest BCUT2D eigenvalue weighted by atomic mass is 35.5. The van der Waals surface area contributed by atoms with Crippen LogP contribution in [0.1, 0.15) is 132 Å². The first-order valence-electron chi connectivity index (χ1n) is 12.9. The number of nitrogens with zero attached hydrogens (tertiary/aromatic N) is 1. The number of carboxylic acid groups (broad SMARTS) is 1. The molecule has 2 rings (SSSR count). The van der Waals surface area contributed by atoms with Crippen LogP contribution in [0.15, 0.2) is 18.2 Å². The van der Waals surface area contributed by atoms with E-state index < -0.39 is 5.97 Å². The molecule has 32 heavy (non-hydrogen) atoms. The molecule has 1 aromatic carbocycles. The highest BCUT2D eigenvalue weighted by Gasteiger charge is 2.07. The molecule has 0 saturated carbocycles. The summed E-state index contributed by atoms with van der Waals surface area (Å²) in [6.45, 7) is 2.28. The van der Waals surface area contributed by atoms with Crippen LogP contribution in [0.5, 0.6) is 0 Å². The van der Waals surface area contributed by atoms with Crippen LogP contribution in [-0.4, -0.2) is 21.0 Å². The number of hydrogen-bond donors (Lipinski definition) is 2. The van der Waals surface area contributed by atoms with Gasteiger partial charge >= 0.3 is 5.97 Å². The van der Waals surface area contributed by atoms with Crippen molar-refractivity contribution in [3.63, 3.8) is 0 Å². The third kappa shape index (κ3) is 11.9. The molecule has 0 amide bonds. The molecule has 0 bridgehead atoms. The van der Waals surface area contributed by atoms with Gasteiger partial charge in [-0.25, -0.2) is 9.78 Å². The number of H-pyrrole nitrogens is 1. The molecule has 1 aromatic heterocycles. The Bertz CT molecular complexity index is 744. The zero-order valence-electron chi connectivity index (χ0n) is 20.2. The molecule has 0 saturated heterocycles. The molecule has 1 heterocycles. The van der Waals surface area contributed by atoms with Crippen LogP contribution in [-0.2, 0) is 6.42 Å². The van der Waals surface area contributed by atoms with E-state index in [2.05, 4.69) is 16.9 Å². The molecule has 0 spiro atoms. The van der Waals surface area contributed by atoms with Crippen LogP contribution < -0.4 is 0 Å². The van der Waals surface area contributed by atoms with Gasteiger partial charge in [0.1, 0.15) is 5.82 Å². The lowest BCUT2D eigenvalue weighted by atomic mass is 10.0. The van der Waals surface area contributed by atoms with Crippen LogP contribution >= 0.6 is 12.4 Å². The van der Waals surface area contributed by atoms with E-state index in [-0.39, 0.29) is 12.4 Å². The Morgan fingerprint density at radius 1 is 0.781 bits per heavy atom. The predicted molar refractivity (Wildman–Crippen MR) is 138 cm³/mol. The van der Waals surface area contributed by atoms with Gasteiger partial charge in [0.15, 0.2) is 0 Å². The molecule has 0 aliphatic rings. The fraction of sp³-hybridized carbons (Fsp3) is 0.704. The van der Waals surface area contributed by atoms with Crippen LogP contribution in [0.4, 0.5) is 0 Å². The van der Waals surface area contributed by atoms with Crippen LogP contribution in [0.25, 0.3) is 11.0 Å². The second-order valence-electron chi connectivity index (χ2n) is 9.13. The largest absolute Gasteiger partial charge is 0.478 e. The molecule has 0 aliphatic heterocycles. The fourth-order valence-corrected chi connectivity index (χ4v) is 4.33. The smallest absolute Gasteiger partial charge is 0.335 e. The van der Waals surface area contributed by atoms with Gasteiger partial charge in [0.05, 0.1) is 16.6 Å². The lowest BCUT2D eigenvalue weighted by Crippen LogP contribution is -1.94. The van der Waals surface area contributed by atoms with E-state index in [9.17, 15) is 4.79 Å². The number of nitrogens with one attached hydrogen (secondary N) is 1. The van der Waals surface area contributed by atoms with E-state index in [1.807, 2.05) is 0 Å². The standard InChI is InChI=1S/C27H44N2O2.ClH/c1-2-3-4-5-6-7-8-9-10-11-12-13-14-15-16-17-18-19-26-28-24-21-20-23(27(30)31)22-25(24)29-26;/h20-22H,2-19H2,1H3,(H,28,29)(H,30,31);1H. The summed E-state index contributed by atoms with van der Waals surface area (Å²) in [5.74, 6) is 0.0738. The first kappa shape index (κ1) is 28.5. The second-order valence-corrected chi connectivity index (χ2v) is 9.13. The Morgan fingerprint density at radius 2 is 1.25 bits per heavy atom. The van der Waals surface area contributed by atoms with Crippen molar-refractivity contribution in [1.82, 2.24) is 9.97 Å². The van der Waals surface area contributed by atoms with Gasteiger partial charge in [-0.3, -0.25) is 0 Å². The van der Waals surface area contributed by atoms with Crippen LogP contribution in [0.3, 0.4) is 0 Å². The normalized spacial score (nSPS) is 11.0. The molecule has 4 nitrogen and oxygen atoms in total. The molecule has 0 unspecified atom stereocenters. The van der Waals surface area contributed by atoms with Crippen LogP contribution in [0, 0.1) is 0 Å². The Kier molecular flexibility index (Phi) is 16.0. The first-order valence-corrected chi connectivity index (χ1v) is 12.9. The lowest BCUT2D eigenvalue weighted by molar-refractivity contribution is 0.0697. The average molecular weight is 465 g/mol. The molecular formula is C27H45ClN2O2. The lowest BCUT2D eigenvalue weighted by Gasteiger charge is -2.03. The van der Waals surface area contributed by atoms with Crippen molar-refractivity contribution in [2.45, 2.75) is 122 Å². The minimum absolute atomic E-state index is 0. The number of aromatic carboxylic acids is 1. The summed E-state index contributed by atoms with van der Waals surface area (Å²) < 4.78 is 0. The summed E-state index contributed by atoms with van der Waals surface area (Å²) in [4.78, 5) is 18.9. The molecule has 2 aromatic rings. The number of aromatic amines is 1. The fourth-order valence-electron chi connectivity index (χ4n) is 4.33. The van der Waals surface area contributed by atoms with Crippen molar-refractivity contribution in [1.29, 1.82) is 0 Å². The maximum absolute atomic E-state index is 11.1. The Labute approximate surface area is 201 Å². The maximum Gasteiger partial charge on any atom is 0.335 e. The number of fused-ring (bicyclic) bond motifs is 1. The van der Waals surface area contributed by atoms with Gasteiger partial charge in [0.2, 0.25) is 0 Å². The minimum Gasteiger partial charge on any atom is -0.478 e. The Balaban J connectivity index is 0.00000512. The van der Waals surface area contributed by atoms with Crippen molar-refractivity contribution in [2.75, 3.05) is 0 Å². The summed E-state index contributed by atoms with van der Waals surface area (Å²) in [7, 11) is 0. The summed E-state index contributed by atoms with van der Waals surface area (Å²) in [6.07, 6.45) is 24.4. The Morgan fingerprint density at radius 3 is 1.72 bits per heavy atom. The maximum atomic E-state index is 11.1. The summed E-state index contributed by atoms with van der Waals surface area (Å²) in [5.41, 5.74) is 1.98. The molecule has 0 atom stereocenters. The van der Waals surface area contributed by atoms with E-state index in [4.69, 9.17) is 5.11 Å². The molecule has 0 radical (unpaired) electrons. The van der Waals surface area contributed by atoms with E-state index in [1.54, 1.807) is 18.2 Å². The molecule has 2 N–H and O–H groups in total. The molecular weight excluding hydrogens is 420 g/mol. The van der Waals surface area contributed by atoms with Gasteiger partial charge in [0, 0.05) is 6.42 Å². The zero-order chi connectivity index (χ0) is 22.2. The number of halogens is 1. The molecule has 182 valence electrons. The number of imidazole rings is 1. The van der Waals surface area contributed by atoms with E-state index in [0.717, 1.165) is 29.7 Å². The summed E-state index contributed by atoms with van der Waals surface area (Å²) in [6, 6.07) is 5.07. The quantitative estimate of drug-likeness (QED) is 0.204. The number of benzene rings is 1. The molecule has 0 aliphatic carbocycles. The van der Waals surface area contributed by atoms with Gasteiger partial charge < -0.3 is 10.1 Å². The molecule has 5 heteroatoms. The van der Waals surface area contributed by atoms with Crippen molar-refractivity contribution in [2.24, 2.45) is 0 Å². The van der Waals surface area contributed by atoms with Gasteiger partial charge in [0.25, 0.3) is 0 Å². The molecule has 0 fully saturated rings. The van der Waals surface area contributed by atoms with E-state index in [0.29, 0.717) is 5.56 Å². The highest BCUT2D eigenvalue weighted by Crippen LogP contribution is 2.17. The summed E-state index contributed by atoms with van der Waals surface area (Å²) >= 11 is 0. The predicted octanol–water partition coefficient (Wildman–Crippen LogP) is 8.88. The zero-order valence-corrected chi connectivity index (χ0v) is 21.0. The van der Waals surface area contributed by atoms with Gasteiger partial charge in [-0.05, 0) is 24.6 Å². The van der Waals surface area contributed by atoms with Gasteiger partial charge in [-0.15, -0.1) is 12.4 Å².